The van der Waals surface area contributed by atoms with E-state index in [0.29, 0.717) is 4.90 Å². The Morgan fingerprint density at radius 2 is 1.66 bits per heavy atom. The van der Waals surface area contributed by atoms with Crippen LogP contribution in [0, 0.1) is 0 Å². The molecule has 32 heavy (non-hydrogen) atoms. The maximum Gasteiger partial charge on any atom is 0.296 e. The van der Waals surface area contributed by atoms with E-state index in [-0.39, 0.29) is 23.3 Å². The molecular weight excluding hydrogens is 452 g/mol. The van der Waals surface area contributed by atoms with Crippen molar-refractivity contribution in [1.82, 2.24) is 4.90 Å². The Labute approximate surface area is 191 Å². The molecule has 2 aromatic rings. The average molecular weight is 477 g/mol. The minimum absolute atomic E-state index is 0.00908. The highest BCUT2D eigenvalue weighted by Crippen LogP contribution is 2.34. The van der Waals surface area contributed by atoms with Crippen molar-refractivity contribution >= 4 is 39.4 Å². The second-order valence-electron chi connectivity index (χ2n) is 8.21. The molecule has 8 nitrogen and oxygen atoms in total. The lowest BCUT2D eigenvalue weighted by Crippen LogP contribution is -2.34. The Hall–Kier alpha value is -2.66. The van der Waals surface area contributed by atoms with Crippen LogP contribution < -0.4 is 5.32 Å². The summed E-state index contributed by atoms with van der Waals surface area (Å²) in [6.07, 6.45) is 1.02. The number of nitrogens with one attached hydrogen (secondary N) is 1. The first-order chi connectivity index (χ1) is 14.9. The second kappa shape index (κ2) is 9.07. The van der Waals surface area contributed by atoms with E-state index in [9.17, 15) is 22.6 Å². The van der Waals surface area contributed by atoms with Gasteiger partial charge in [0.15, 0.2) is 0 Å². The molecule has 1 heterocycles. The van der Waals surface area contributed by atoms with Gasteiger partial charge in [0.05, 0.1) is 18.8 Å². The summed E-state index contributed by atoms with van der Waals surface area (Å²) >= 11 is 1.32. The zero-order valence-corrected chi connectivity index (χ0v) is 19.5. The maximum atomic E-state index is 12.3. The molecule has 2 amide bonds. The molecule has 0 atom stereocenters. The number of hydrogen-bond acceptors (Lipinski definition) is 7. The molecule has 0 saturated heterocycles. The maximum absolute atomic E-state index is 12.3. The molecule has 0 unspecified atom stereocenters. The number of aliphatic hydroxyl groups excluding tert-OH is 1. The highest BCUT2D eigenvalue weighted by atomic mass is 32.2. The van der Waals surface area contributed by atoms with Crippen LogP contribution >= 0.6 is 11.8 Å². The largest absolute Gasteiger partial charge is 0.395 e. The van der Waals surface area contributed by atoms with Gasteiger partial charge in [-0.15, -0.1) is 0 Å². The minimum atomic E-state index is -4.62. The lowest BCUT2D eigenvalue weighted by atomic mass is 9.87. The van der Waals surface area contributed by atoms with Gasteiger partial charge in [0.2, 0.25) is 0 Å². The summed E-state index contributed by atoms with van der Waals surface area (Å²) in [4.78, 5) is 26.1. The van der Waals surface area contributed by atoms with E-state index in [0.717, 1.165) is 15.9 Å². The van der Waals surface area contributed by atoms with Crippen LogP contribution in [0.3, 0.4) is 0 Å². The summed E-state index contributed by atoms with van der Waals surface area (Å²) < 4.78 is 33.7. The van der Waals surface area contributed by atoms with E-state index in [1.807, 2.05) is 24.3 Å². The molecule has 0 radical (unpaired) electrons. The third kappa shape index (κ3) is 5.39. The van der Waals surface area contributed by atoms with Gasteiger partial charge in [0.1, 0.15) is 10.6 Å². The number of imide groups is 1. The Morgan fingerprint density at radius 1 is 1.03 bits per heavy atom. The van der Waals surface area contributed by atoms with E-state index >= 15 is 0 Å². The van der Waals surface area contributed by atoms with Crippen molar-refractivity contribution in [2.24, 2.45) is 0 Å². The van der Waals surface area contributed by atoms with Gasteiger partial charge in [-0.25, -0.2) is 0 Å². The summed E-state index contributed by atoms with van der Waals surface area (Å²) in [5, 5.41) is 11.6. The first kappa shape index (κ1) is 24.0. The lowest BCUT2D eigenvalue weighted by molar-refractivity contribution is -0.137. The van der Waals surface area contributed by atoms with Crippen molar-refractivity contribution in [3.63, 3.8) is 0 Å². The predicted octanol–water partition coefficient (Wildman–Crippen LogP) is 3.04. The Kier molecular flexibility index (Phi) is 6.80. The van der Waals surface area contributed by atoms with Gasteiger partial charge < -0.3 is 10.4 Å². The van der Waals surface area contributed by atoms with Gasteiger partial charge in [0, 0.05) is 15.9 Å². The van der Waals surface area contributed by atoms with Crippen LogP contribution in [0.4, 0.5) is 5.69 Å². The molecule has 3 N–H and O–H groups in total. The lowest BCUT2D eigenvalue weighted by Gasteiger charge is -2.19. The van der Waals surface area contributed by atoms with Crippen LogP contribution in [0.15, 0.2) is 68.9 Å². The Balaban J connectivity index is 1.87. The van der Waals surface area contributed by atoms with Crippen molar-refractivity contribution in [1.29, 1.82) is 0 Å². The smallest absolute Gasteiger partial charge is 0.296 e. The monoisotopic (exact) mass is 476 g/mol. The average Bonchev–Trinajstić information content (AvgIpc) is 2.96. The quantitative estimate of drug-likeness (QED) is 0.412. The molecule has 10 heteroatoms. The number of rotatable bonds is 7. The number of β-amino-alcohol motifs (C(OH)–C–C–N with tert-alkyl or cyclic N) is 1. The topological polar surface area (TPSA) is 124 Å². The number of carbonyl (C=O) groups is 2. The van der Waals surface area contributed by atoms with Crippen molar-refractivity contribution in [3.05, 3.63) is 59.8 Å². The summed E-state index contributed by atoms with van der Waals surface area (Å²) in [5.41, 5.74) is 0.985. The standard InChI is InChI=1S/C22H24N2O6S2/c1-22(2,3)14-4-6-15(7-5-14)31-16-8-9-17(19(12-16)32(28,29)30)23-18-13-20(26)24(10-11-25)21(18)27/h4-9,12-13,23,25H,10-11H2,1-3H3,(H,28,29,30). The highest BCUT2D eigenvalue weighted by molar-refractivity contribution is 7.99. The second-order valence-corrected chi connectivity index (χ2v) is 10.7. The van der Waals surface area contributed by atoms with Crippen LogP contribution in [0.5, 0.6) is 0 Å². The molecule has 3 rings (SSSR count). The Bertz CT molecular complexity index is 1180. The van der Waals surface area contributed by atoms with Crippen LogP contribution in [0.1, 0.15) is 26.3 Å². The minimum Gasteiger partial charge on any atom is -0.395 e. The number of amides is 2. The fourth-order valence-electron chi connectivity index (χ4n) is 3.10. The molecule has 0 saturated carbocycles. The van der Waals surface area contributed by atoms with Gasteiger partial charge in [-0.3, -0.25) is 19.0 Å². The van der Waals surface area contributed by atoms with Gasteiger partial charge in [-0.05, 0) is 41.3 Å². The van der Waals surface area contributed by atoms with Crippen LogP contribution in [-0.2, 0) is 25.1 Å². The zero-order valence-electron chi connectivity index (χ0n) is 17.8. The Morgan fingerprint density at radius 3 is 2.22 bits per heavy atom. The molecule has 170 valence electrons. The first-order valence-corrected chi connectivity index (χ1v) is 12.0. The van der Waals surface area contributed by atoms with Crippen molar-refractivity contribution < 1.29 is 27.7 Å². The van der Waals surface area contributed by atoms with E-state index in [1.165, 1.54) is 29.5 Å². The predicted molar refractivity (Wildman–Crippen MR) is 121 cm³/mol. The van der Waals surface area contributed by atoms with E-state index < -0.39 is 33.4 Å². The number of nitrogens with zero attached hydrogens (tertiary/aromatic N) is 1. The van der Waals surface area contributed by atoms with Crippen molar-refractivity contribution in [2.45, 2.75) is 40.9 Å². The number of aliphatic hydroxyl groups is 1. The summed E-state index contributed by atoms with van der Waals surface area (Å²) in [6.45, 7) is 5.77. The third-order valence-electron chi connectivity index (χ3n) is 4.79. The molecule has 0 aromatic heterocycles. The van der Waals surface area contributed by atoms with Crippen LogP contribution in [-0.4, -0.2) is 47.9 Å². The molecular formula is C22H24N2O6S2. The molecule has 2 aromatic carbocycles. The normalized spacial score (nSPS) is 14.7. The highest BCUT2D eigenvalue weighted by Gasteiger charge is 2.31. The fourth-order valence-corrected chi connectivity index (χ4v) is 4.70. The zero-order chi connectivity index (χ0) is 23.7. The molecule has 0 aliphatic carbocycles. The van der Waals surface area contributed by atoms with Gasteiger partial charge >= 0.3 is 0 Å². The molecule has 0 spiro atoms. The molecule has 0 fully saturated rings. The number of anilines is 1. The van der Waals surface area contributed by atoms with Gasteiger partial charge in [-0.1, -0.05) is 44.7 Å². The molecule has 1 aliphatic heterocycles. The van der Waals surface area contributed by atoms with E-state index in [2.05, 4.69) is 26.1 Å². The number of hydrogen-bond donors (Lipinski definition) is 3. The van der Waals surface area contributed by atoms with Crippen LogP contribution in [0.25, 0.3) is 0 Å². The van der Waals surface area contributed by atoms with Gasteiger partial charge in [-0.2, -0.15) is 8.42 Å². The van der Waals surface area contributed by atoms with Gasteiger partial charge in [0.25, 0.3) is 21.9 Å². The van der Waals surface area contributed by atoms with Crippen LogP contribution in [0.2, 0.25) is 0 Å². The first-order valence-electron chi connectivity index (χ1n) is 9.75. The van der Waals surface area contributed by atoms with E-state index in [4.69, 9.17) is 5.11 Å². The summed E-state index contributed by atoms with van der Waals surface area (Å²) in [6, 6.07) is 12.3. The number of carbonyl (C=O) groups excluding carboxylic acids is 2. The summed E-state index contributed by atoms with van der Waals surface area (Å²) in [7, 11) is -4.62. The van der Waals surface area contributed by atoms with Crippen molar-refractivity contribution in [3.8, 4) is 0 Å². The van der Waals surface area contributed by atoms with Crippen molar-refractivity contribution in [2.75, 3.05) is 18.5 Å². The fraction of sp³-hybridized carbons (Fsp3) is 0.273. The summed E-state index contributed by atoms with van der Waals surface area (Å²) in [5.74, 6) is -1.31. The molecule has 0 bridgehead atoms. The third-order valence-corrected chi connectivity index (χ3v) is 6.68. The SMILES string of the molecule is CC(C)(C)c1ccc(Sc2ccc(NC3=CC(=O)N(CCO)C3=O)c(S(=O)(=O)O)c2)cc1. The molecule has 1 aliphatic rings. The van der Waals surface area contributed by atoms with E-state index in [1.54, 1.807) is 6.07 Å². The number of benzene rings is 2.